The maximum absolute atomic E-state index is 11.9. The SMILES string of the molecule is NC(=O)Nc1sc2c(c1C(N)=O)CCc1nn(-c3ccccc3Br)cc1-2. The Bertz CT molecular complexity index is 1060. The fourth-order valence-electron chi connectivity index (χ4n) is 3.17. The zero-order valence-electron chi connectivity index (χ0n) is 13.5. The van der Waals surface area contributed by atoms with E-state index in [0.29, 0.717) is 23.4 Å². The van der Waals surface area contributed by atoms with Crippen LogP contribution in [0.25, 0.3) is 16.1 Å². The summed E-state index contributed by atoms with van der Waals surface area (Å²) in [7, 11) is 0. The summed E-state index contributed by atoms with van der Waals surface area (Å²) >= 11 is 4.84. The van der Waals surface area contributed by atoms with Crippen LogP contribution in [0.3, 0.4) is 0 Å². The lowest BCUT2D eigenvalue weighted by molar-refractivity contribution is 0.100. The van der Waals surface area contributed by atoms with Gasteiger partial charge in [0.25, 0.3) is 5.91 Å². The quantitative estimate of drug-likeness (QED) is 0.591. The summed E-state index contributed by atoms with van der Waals surface area (Å²) in [6.07, 6.45) is 3.25. The maximum atomic E-state index is 11.9. The molecule has 3 aromatic rings. The first-order chi connectivity index (χ1) is 12.5. The number of amides is 3. The van der Waals surface area contributed by atoms with Gasteiger partial charge in [-0.2, -0.15) is 5.10 Å². The number of thiophene rings is 1. The average Bonchev–Trinajstić information content (AvgIpc) is 3.15. The van der Waals surface area contributed by atoms with Crippen LogP contribution in [0, 0.1) is 0 Å². The molecule has 0 saturated carbocycles. The number of para-hydroxylation sites is 1. The number of anilines is 1. The number of fused-ring (bicyclic) bond motifs is 3. The number of hydrogen-bond donors (Lipinski definition) is 3. The molecule has 2 aromatic heterocycles. The molecule has 5 N–H and O–H groups in total. The van der Waals surface area contributed by atoms with Crippen molar-refractivity contribution in [2.24, 2.45) is 11.5 Å². The van der Waals surface area contributed by atoms with Gasteiger partial charge in [-0.15, -0.1) is 11.3 Å². The first kappa shape index (κ1) is 16.8. The third kappa shape index (κ3) is 2.69. The minimum Gasteiger partial charge on any atom is -0.365 e. The summed E-state index contributed by atoms with van der Waals surface area (Å²) in [6.45, 7) is 0. The molecule has 26 heavy (non-hydrogen) atoms. The van der Waals surface area contributed by atoms with E-state index in [1.54, 1.807) is 0 Å². The molecular weight excluding hydrogens is 418 g/mol. The van der Waals surface area contributed by atoms with E-state index in [-0.39, 0.29) is 0 Å². The molecular formula is C17H14BrN5O2S. The maximum Gasteiger partial charge on any atom is 0.317 e. The Labute approximate surface area is 161 Å². The van der Waals surface area contributed by atoms with Crippen LogP contribution in [-0.2, 0) is 12.8 Å². The normalized spacial score (nSPS) is 12.3. The van der Waals surface area contributed by atoms with Gasteiger partial charge in [-0.25, -0.2) is 9.48 Å². The second-order valence-electron chi connectivity index (χ2n) is 5.85. The van der Waals surface area contributed by atoms with E-state index in [4.69, 9.17) is 16.6 Å². The Morgan fingerprint density at radius 2 is 2.00 bits per heavy atom. The molecule has 1 aliphatic carbocycles. The number of nitrogens with one attached hydrogen (secondary N) is 1. The van der Waals surface area contributed by atoms with Crippen LogP contribution in [-0.4, -0.2) is 21.7 Å². The molecule has 0 radical (unpaired) electrons. The summed E-state index contributed by atoms with van der Waals surface area (Å²) in [5.41, 5.74) is 14.7. The number of aromatic nitrogens is 2. The lowest BCUT2D eigenvalue weighted by Crippen LogP contribution is -2.22. The highest BCUT2D eigenvalue weighted by Gasteiger charge is 2.29. The van der Waals surface area contributed by atoms with Crippen molar-refractivity contribution in [2.75, 3.05) is 5.32 Å². The lowest BCUT2D eigenvalue weighted by Gasteiger charge is -2.11. The van der Waals surface area contributed by atoms with Gasteiger partial charge in [0.1, 0.15) is 5.00 Å². The van der Waals surface area contributed by atoms with Crippen molar-refractivity contribution in [3.63, 3.8) is 0 Å². The van der Waals surface area contributed by atoms with Crippen LogP contribution in [0.4, 0.5) is 9.80 Å². The van der Waals surface area contributed by atoms with E-state index in [9.17, 15) is 9.59 Å². The van der Waals surface area contributed by atoms with E-state index in [1.807, 2.05) is 35.1 Å². The van der Waals surface area contributed by atoms with Gasteiger partial charge in [-0.1, -0.05) is 12.1 Å². The lowest BCUT2D eigenvalue weighted by atomic mass is 9.94. The summed E-state index contributed by atoms with van der Waals surface area (Å²) in [5.74, 6) is -0.576. The third-order valence-corrected chi connectivity index (χ3v) is 6.09. The molecule has 0 unspecified atom stereocenters. The number of carbonyl (C=O) groups excluding carboxylic acids is 2. The highest BCUT2D eigenvalue weighted by molar-refractivity contribution is 9.10. The van der Waals surface area contributed by atoms with Gasteiger partial charge in [0, 0.05) is 21.1 Å². The Kier molecular flexibility index (Phi) is 4.04. The molecule has 3 amide bonds. The standard InChI is InChI=1S/C17H14BrN5O2S/c18-10-3-1-2-4-12(10)23-7-9-11(22-23)6-5-8-13(15(19)24)16(21-17(20)25)26-14(8)9/h1-4,7H,5-6H2,(H2,19,24)(H3,20,21,25). The van der Waals surface area contributed by atoms with Gasteiger partial charge in [-0.3, -0.25) is 10.1 Å². The van der Waals surface area contributed by atoms with E-state index in [2.05, 4.69) is 21.2 Å². The smallest absolute Gasteiger partial charge is 0.317 e. The topological polar surface area (TPSA) is 116 Å². The van der Waals surface area contributed by atoms with E-state index in [1.165, 1.54) is 11.3 Å². The molecule has 9 heteroatoms. The van der Waals surface area contributed by atoms with Crippen molar-refractivity contribution in [3.8, 4) is 16.1 Å². The van der Waals surface area contributed by atoms with Crippen LogP contribution in [0.1, 0.15) is 21.6 Å². The van der Waals surface area contributed by atoms with Crippen molar-refractivity contribution >= 4 is 44.2 Å². The van der Waals surface area contributed by atoms with Gasteiger partial charge in [0.15, 0.2) is 0 Å². The molecule has 0 saturated heterocycles. The van der Waals surface area contributed by atoms with Crippen LogP contribution in [0.5, 0.6) is 0 Å². The molecule has 132 valence electrons. The van der Waals surface area contributed by atoms with Crippen LogP contribution in [0.15, 0.2) is 34.9 Å². The zero-order chi connectivity index (χ0) is 18.4. The molecule has 0 spiro atoms. The molecule has 0 aliphatic heterocycles. The number of halogens is 1. The Morgan fingerprint density at radius 3 is 2.69 bits per heavy atom. The van der Waals surface area contributed by atoms with Gasteiger partial charge < -0.3 is 11.5 Å². The Hall–Kier alpha value is -2.65. The van der Waals surface area contributed by atoms with E-state index >= 15 is 0 Å². The molecule has 0 fully saturated rings. The van der Waals surface area contributed by atoms with Crippen molar-refractivity contribution in [2.45, 2.75) is 12.8 Å². The Balaban J connectivity index is 1.87. The van der Waals surface area contributed by atoms with Crippen LogP contribution in [0.2, 0.25) is 0 Å². The summed E-state index contributed by atoms with van der Waals surface area (Å²) in [6, 6.07) is 7.07. The predicted molar refractivity (Wildman–Crippen MR) is 104 cm³/mol. The van der Waals surface area contributed by atoms with Gasteiger partial charge in [0.05, 0.1) is 16.9 Å². The zero-order valence-corrected chi connectivity index (χ0v) is 15.9. The first-order valence-corrected chi connectivity index (χ1v) is 9.42. The summed E-state index contributed by atoms with van der Waals surface area (Å²) in [5, 5.41) is 7.59. The number of rotatable bonds is 3. The highest BCUT2D eigenvalue weighted by Crippen LogP contribution is 2.45. The number of nitrogens with two attached hydrogens (primary N) is 2. The number of benzene rings is 1. The monoisotopic (exact) mass is 431 g/mol. The van der Waals surface area contributed by atoms with Crippen molar-refractivity contribution < 1.29 is 9.59 Å². The minimum atomic E-state index is -0.727. The van der Waals surface area contributed by atoms with Crippen molar-refractivity contribution in [1.29, 1.82) is 0 Å². The average molecular weight is 432 g/mol. The second kappa shape index (κ2) is 6.26. The first-order valence-electron chi connectivity index (χ1n) is 7.81. The van der Waals surface area contributed by atoms with Crippen molar-refractivity contribution in [1.82, 2.24) is 9.78 Å². The number of urea groups is 1. The molecule has 4 rings (SSSR count). The number of nitrogens with zero attached hydrogens (tertiary/aromatic N) is 2. The van der Waals surface area contributed by atoms with Gasteiger partial charge in [-0.05, 0) is 46.5 Å². The minimum absolute atomic E-state index is 0.336. The summed E-state index contributed by atoms with van der Waals surface area (Å²) in [4.78, 5) is 24.1. The van der Waals surface area contributed by atoms with E-state index < -0.39 is 11.9 Å². The largest absolute Gasteiger partial charge is 0.365 e. The van der Waals surface area contributed by atoms with Crippen LogP contribution >= 0.6 is 27.3 Å². The fraction of sp³-hybridized carbons (Fsp3) is 0.118. The Morgan fingerprint density at radius 1 is 1.23 bits per heavy atom. The number of primary amides is 2. The fourth-order valence-corrected chi connectivity index (χ4v) is 4.93. The predicted octanol–water partition coefficient (Wildman–Crippen LogP) is 3.05. The second-order valence-corrected chi connectivity index (χ2v) is 7.73. The molecule has 0 atom stereocenters. The number of carbonyl (C=O) groups is 2. The van der Waals surface area contributed by atoms with E-state index in [0.717, 1.165) is 31.9 Å². The number of aryl methyl sites for hydroxylation is 1. The molecule has 7 nitrogen and oxygen atoms in total. The van der Waals surface area contributed by atoms with Gasteiger partial charge in [0.2, 0.25) is 0 Å². The molecule has 1 aliphatic rings. The van der Waals surface area contributed by atoms with Gasteiger partial charge >= 0.3 is 6.03 Å². The third-order valence-electron chi connectivity index (χ3n) is 4.24. The molecule has 1 aromatic carbocycles. The van der Waals surface area contributed by atoms with Crippen molar-refractivity contribution in [3.05, 3.63) is 51.8 Å². The highest BCUT2D eigenvalue weighted by atomic mass is 79.9. The number of hydrogen-bond acceptors (Lipinski definition) is 4. The molecule has 2 heterocycles. The van der Waals surface area contributed by atoms with Crippen LogP contribution < -0.4 is 16.8 Å². The summed E-state index contributed by atoms with van der Waals surface area (Å²) < 4.78 is 2.74. The molecule has 0 bridgehead atoms.